The van der Waals surface area contributed by atoms with Crippen LogP contribution < -0.4 is 15.4 Å². The van der Waals surface area contributed by atoms with E-state index in [2.05, 4.69) is 15.6 Å². The van der Waals surface area contributed by atoms with Crippen LogP contribution >= 0.6 is 22.9 Å². The molecule has 0 saturated heterocycles. The lowest BCUT2D eigenvalue weighted by atomic mass is 10.2. The van der Waals surface area contributed by atoms with Crippen LogP contribution in [0.2, 0.25) is 4.34 Å². The first-order valence-electron chi connectivity index (χ1n) is 8.43. The molecule has 0 saturated carbocycles. The molecule has 1 aromatic heterocycles. The van der Waals surface area contributed by atoms with E-state index in [4.69, 9.17) is 16.3 Å². The summed E-state index contributed by atoms with van der Waals surface area (Å²) in [5, 5.41) is 16.4. The van der Waals surface area contributed by atoms with Gasteiger partial charge in [-0.3, -0.25) is 0 Å². The minimum absolute atomic E-state index is 0.278. The summed E-state index contributed by atoms with van der Waals surface area (Å²) in [4.78, 5) is 5.22. The quantitative estimate of drug-likeness (QED) is 0.428. The summed E-state index contributed by atoms with van der Waals surface area (Å²) in [5.74, 6) is 0.920. The number of benzene rings is 1. The smallest absolute Gasteiger partial charge is 0.272 e. The molecule has 148 valence electrons. The Kier molecular flexibility index (Phi) is 8.77. The van der Waals surface area contributed by atoms with E-state index >= 15 is 0 Å². The van der Waals surface area contributed by atoms with E-state index in [1.165, 1.54) is 11.3 Å². The van der Waals surface area contributed by atoms with Gasteiger partial charge in [0.25, 0.3) is 6.43 Å². The number of ether oxygens (including phenoxy) is 1. The normalized spacial score (nSPS) is 12.9. The van der Waals surface area contributed by atoms with Gasteiger partial charge in [0.2, 0.25) is 0 Å². The first-order chi connectivity index (χ1) is 13.0. The second kappa shape index (κ2) is 11.1. The van der Waals surface area contributed by atoms with Crippen molar-refractivity contribution < 1.29 is 18.6 Å². The highest BCUT2D eigenvalue weighted by molar-refractivity contribution is 7.16. The minimum Gasteiger partial charge on any atom is -0.488 e. The van der Waals surface area contributed by atoms with E-state index in [1.54, 1.807) is 30.3 Å². The maximum absolute atomic E-state index is 12.2. The van der Waals surface area contributed by atoms with Crippen molar-refractivity contribution in [2.24, 2.45) is 4.99 Å². The summed E-state index contributed by atoms with van der Waals surface area (Å²) in [6.45, 7) is 2.57. The van der Waals surface area contributed by atoms with Crippen molar-refractivity contribution in [1.29, 1.82) is 0 Å². The lowest BCUT2D eigenvalue weighted by molar-refractivity contribution is 0.0818. The molecule has 0 radical (unpaired) electrons. The molecule has 9 heteroatoms. The van der Waals surface area contributed by atoms with Crippen LogP contribution in [0, 0.1) is 0 Å². The lowest BCUT2D eigenvalue weighted by Crippen LogP contribution is -2.39. The van der Waals surface area contributed by atoms with Gasteiger partial charge in [-0.25, -0.2) is 13.8 Å². The third kappa shape index (κ3) is 7.70. The highest BCUT2D eigenvalue weighted by atomic mass is 35.5. The number of guanidine groups is 1. The topological polar surface area (TPSA) is 65.9 Å². The van der Waals surface area contributed by atoms with Gasteiger partial charge < -0.3 is 20.5 Å². The molecule has 0 bridgehead atoms. The Bertz CT molecular complexity index is 743. The number of aliphatic imine (C=N–C) groups is 1. The second-order valence-electron chi connectivity index (χ2n) is 5.58. The van der Waals surface area contributed by atoms with Crippen LogP contribution in [0.4, 0.5) is 8.78 Å². The molecule has 5 nitrogen and oxygen atoms in total. The number of aliphatic hydroxyl groups excluding tert-OH is 1. The molecule has 0 spiro atoms. The van der Waals surface area contributed by atoms with Crippen molar-refractivity contribution in [1.82, 2.24) is 10.6 Å². The SMILES string of the molecule is CCNC(=NCc1cccc(OCC(F)F)c1)NCC(O)c1ccc(Cl)s1. The Morgan fingerprint density at radius 2 is 2.11 bits per heavy atom. The van der Waals surface area contributed by atoms with Gasteiger partial charge in [-0.05, 0) is 36.8 Å². The maximum Gasteiger partial charge on any atom is 0.272 e. The van der Waals surface area contributed by atoms with Crippen LogP contribution in [0.3, 0.4) is 0 Å². The van der Waals surface area contributed by atoms with E-state index in [9.17, 15) is 13.9 Å². The van der Waals surface area contributed by atoms with Gasteiger partial charge >= 0.3 is 0 Å². The van der Waals surface area contributed by atoms with Gasteiger partial charge in [0.1, 0.15) is 18.5 Å². The zero-order valence-electron chi connectivity index (χ0n) is 14.8. The lowest BCUT2D eigenvalue weighted by Gasteiger charge is -2.14. The Balaban J connectivity index is 1.93. The molecular weight excluding hydrogens is 396 g/mol. The second-order valence-corrected chi connectivity index (χ2v) is 7.33. The summed E-state index contributed by atoms with van der Waals surface area (Å²) in [5.41, 5.74) is 0.824. The molecular formula is C18H22ClF2N3O2S. The monoisotopic (exact) mass is 417 g/mol. The summed E-state index contributed by atoms with van der Waals surface area (Å²) < 4.78 is 30.1. The number of alkyl halides is 2. The molecule has 3 N–H and O–H groups in total. The molecule has 0 fully saturated rings. The number of nitrogens with one attached hydrogen (secondary N) is 2. The predicted octanol–water partition coefficient (Wildman–Crippen LogP) is 3.83. The maximum atomic E-state index is 12.2. The van der Waals surface area contributed by atoms with E-state index in [1.807, 2.05) is 13.0 Å². The van der Waals surface area contributed by atoms with Crippen molar-refractivity contribution in [3.05, 3.63) is 51.2 Å². The Labute approximate surface area is 166 Å². The van der Waals surface area contributed by atoms with Crippen LogP contribution in [0.15, 0.2) is 41.4 Å². The molecule has 0 aliphatic heterocycles. The zero-order chi connectivity index (χ0) is 19.6. The van der Waals surface area contributed by atoms with E-state index in [0.717, 1.165) is 10.4 Å². The fourth-order valence-electron chi connectivity index (χ4n) is 2.21. The molecule has 2 aromatic rings. The molecule has 0 amide bonds. The molecule has 1 aromatic carbocycles. The molecule has 1 unspecified atom stereocenters. The number of hydrogen-bond donors (Lipinski definition) is 3. The van der Waals surface area contributed by atoms with E-state index < -0.39 is 19.1 Å². The van der Waals surface area contributed by atoms with E-state index in [0.29, 0.717) is 29.1 Å². The molecule has 27 heavy (non-hydrogen) atoms. The van der Waals surface area contributed by atoms with Gasteiger partial charge in [-0.2, -0.15) is 0 Å². The van der Waals surface area contributed by atoms with Crippen LogP contribution in [-0.4, -0.2) is 37.2 Å². The molecule has 1 heterocycles. The third-order valence-corrected chi connectivity index (χ3v) is 4.76. The molecule has 0 aliphatic carbocycles. The molecule has 0 aliphatic rings. The highest BCUT2D eigenvalue weighted by Crippen LogP contribution is 2.26. The Hall–Kier alpha value is -1.90. The van der Waals surface area contributed by atoms with Gasteiger partial charge in [0, 0.05) is 18.0 Å². The zero-order valence-corrected chi connectivity index (χ0v) is 16.4. The van der Waals surface area contributed by atoms with Gasteiger partial charge in [0.15, 0.2) is 5.96 Å². The number of hydrogen-bond acceptors (Lipinski definition) is 4. The van der Waals surface area contributed by atoms with Crippen LogP contribution in [-0.2, 0) is 6.54 Å². The summed E-state index contributed by atoms with van der Waals surface area (Å²) in [6.07, 6.45) is -3.21. The van der Waals surface area contributed by atoms with Gasteiger partial charge in [0.05, 0.1) is 10.9 Å². The van der Waals surface area contributed by atoms with Crippen molar-refractivity contribution in [2.75, 3.05) is 19.7 Å². The summed E-state index contributed by atoms with van der Waals surface area (Å²) in [6, 6.07) is 10.4. The number of thiophene rings is 1. The fraction of sp³-hybridized carbons (Fsp3) is 0.389. The van der Waals surface area contributed by atoms with E-state index in [-0.39, 0.29) is 6.54 Å². The number of halogens is 3. The largest absolute Gasteiger partial charge is 0.488 e. The van der Waals surface area contributed by atoms with Crippen molar-refractivity contribution in [2.45, 2.75) is 26.0 Å². The summed E-state index contributed by atoms with van der Waals surface area (Å²) >= 11 is 7.21. The van der Waals surface area contributed by atoms with Crippen LogP contribution in [0.25, 0.3) is 0 Å². The van der Waals surface area contributed by atoms with Crippen molar-refractivity contribution >= 4 is 28.9 Å². The highest BCUT2D eigenvalue weighted by Gasteiger charge is 2.11. The van der Waals surface area contributed by atoms with Crippen LogP contribution in [0.5, 0.6) is 5.75 Å². The Morgan fingerprint density at radius 1 is 1.30 bits per heavy atom. The number of rotatable bonds is 9. The average Bonchev–Trinajstić information content (AvgIpc) is 3.09. The summed E-state index contributed by atoms with van der Waals surface area (Å²) in [7, 11) is 0. The minimum atomic E-state index is -2.51. The van der Waals surface area contributed by atoms with Crippen molar-refractivity contribution in [3.8, 4) is 5.75 Å². The van der Waals surface area contributed by atoms with Crippen LogP contribution in [0.1, 0.15) is 23.5 Å². The average molecular weight is 418 g/mol. The third-order valence-electron chi connectivity index (χ3n) is 3.42. The Morgan fingerprint density at radius 3 is 2.78 bits per heavy atom. The predicted molar refractivity (Wildman–Crippen MR) is 105 cm³/mol. The number of aliphatic hydroxyl groups is 1. The standard InChI is InChI=1S/C18H22ClF2N3O2S/c1-2-22-18(24-10-14(25)15-6-7-16(19)27-15)23-9-12-4-3-5-13(8-12)26-11-17(20)21/h3-8,14,17,25H,2,9-11H2,1H3,(H2,22,23,24). The van der Waals surface area contributed by atoms with Gasteiger partial charge in [-0.1, -0.05) is 23.7 Å². The molecule has 2 rings (SSSR count). The number of nitrogens with zero attached hydrogens (tertiary/aromatic N) is 1. The first-order valence-corrected chi connectivity index (χ1v) is 9.62. The molecule has 1 atom stereocenters. The van der Waals surface area contributed by atoms with Gasteiger partial charge in [-0.15, -0.1) is 11.3 Å². The fourth-order valence-corrected chi connectivity index (χ4v) is 3.25. The van der Waals surface area contributed by atoms with Crippen molar-refractivity contribution in [3.63, 3.8) is 0 Å². The first kappa shape index (κ1) is 21.4.